The molecule has 15 heavy (non-hydrogen) atoms. The summed E-state index contributed by atoms with van der Waals surface area (Å²) in [5.41, 5.74) is -0.838. The summed E-state index contributed by atoms with van der Waals surface area (Å²) in [6.45, 7) is 3.98. The van der Waals surface area contributed by atoms with Crippen molar-refractivity contribution in [1.82, 2.24) is 10.5 Å². The van der Waals surface area contributed by atoms with Gasteiger partial charge >= 0.3 is 0 Å². The zero-order valence-corrected chi connectivity index (χ0v) is 8.99. The molecular formula is C10H16N2O3. The normalized spacial score (nSPS) is 11.4. The average Bonchev–Trinajstić information content (AvgIpc) is 2.79. The summed E-state index contributed by atoms with van der Waals surface area (Å²) in [5.74, 6) is -0.197. The Morgan fingerprint density at radius 1 is 1.60 bits per heavy atom. The van der Waals surface area contributed by atoms with Crippen LogP contribution in [0.2, 0.25) is 0 Å². The van der Waals surface area contributed by atoms with Crippen molar-refractivity contribution < 1.29 is 14.4 Å². The lowest BCUT2D eigenvalue weighted by atomic mass is 9.98. The van der Waals surface area contributed by atoms with E-state index < -0.39 is 5.60 Å². The van der Waals surface area contributed by atoms with Gasteiger partial charge in [0.1, 0.15) is 0 Å². The van der Waals surface area contributed by atoms with Gasteiger partial charge in [-0.05, 0) is 12.8 Å². The number of carbonyl (C=O) groups excluding carboxylic acids is 1. The Labute approximate surface area is 88.5 Å². The van der Waals surface area contributed by atoms with Crippen LogP contribution in [0.25, 0.3) is 0 Å². The molecule has 0 aliphatic rings. The second-order valence-electron chi connectivity index (χ2n) is 3.49. The fourth-order valence-electron chi connectivity index (χ4n) is 1.16. The van der Waals surface area contributed by atoms with Crippen LogP contribution < -0.4 is 5.32 Å². The first-order valence-corrected chi connectivity index (χ1v) is 5.02. The van der Waals surface area contributed by atoms with Crippen molar-refractivity contribution in [2.24, 2.45) is 0 Å². The lowest BCUT2D eigenvalue weighted by Gasteiger charge is -2.24. The molecule has 0 radical (unpaired) electrons. The van der Waals surface area contributed by atoms with Gasteiger partial charge in [-0.3, -0.25) is 4.79 Å². The third kappa shape index (κ3) is 3.06. The van der Waals surface area contributed by atoms with E-state index in [1.54, 1.807) is 0 Å². The quantitative estimate of drug-likeness (QED) is 0.762. The minimum Gasteiger partial charge on any atom is -0.388 e. The summed E-state index contributed by atoms with van der Waals surface area (Å²) >= 11 is 0. The van der Waals surface area contributed by atoms with Gasteiger partial charge < -0.3 is 14.9 Å². The van der Waals surface area contributed by atoms with E-state index in [4.69, 9.17) is 0 Å². The lowest BCUT2D eigenvalue weighted by Crippen LogP contribution is -2.41. The number of rotatable bonds is 5. The molecule has 0 saturated heterocycles. The van der Waals surface area contributed by atoms with Gasteiger partial charge in [-0.25, -0.2) is 0 Å². The Balaban J connectivity index is 2.47. The molecule has 1 rings (SSSR count). The molecule has 0 fully saturated rings. The first-order valence-electron chi connectivity index (χ1n) is 5.02. The number of aromatic nitrogens is 1. The van der Waals surface area contributed by atoms with Crippen LogP contribution in [0.4, 0.5) is 0 Å². The van der Waals surface area contributed by atoms with Crippen molar-refractivity contribution in [3.8, 4) is 0 Å². The molecule has 0 aliphatic heterocycles. The molecule has 0 unspecified atom stereocenters. The summed E-state index contributed by atoms with van der Waals surface area (Å²) < 4.78 is 4.68. The zero-order chi connectivity index (χ0) is 11.3. The van der Waals surface area contributed by atoms with Crippen LogP contribution in [-0.2, 0) is 0 Å². The summed E-state index contributed by atoms with van der Waals surface area (Å²) in [5, 5.41) is 15.9. The van der Waals surface area contributed by atoms with Gasteiger partial charge in [0, 0.05) is 12.6 Å². The van der Waals surface area contributed by atoms with E-state index in [1.165, 1.54) is 12.3 Å². The molecule has 5 heteroatoms. The molecule has 0 aliphatic carbocycles. The topological polar surface area (TPSA) is 75.4 Å². The van der Waals surface area contributed by atoms with E-state index in [2.05, 4.69) is 15.0 Å². The highest BCUT2D eigenvalue weighted by molar-refractivity contribution is 5.91. The second-order valence-corrected chi connectivity index (χ2v) is 3.49. The minimum absolute atomic E-state index is 0.157. The molecule has 0 saturated carbocycles. The molecule has 2 N–H and O–H groups in total. The van der Waals surface area contributed by atoms with Crippen molar-refractivity contribution in [3.63, 3.8) is 0 Å². The first-order chi connectivity index (χ1) is 7.11. The fraction of sp³-hybridized carbons (Fsp3) is 0.600. The van der Waals surface area contributed by atoms with E-state index in [9.17, 15) is 9.90 Å². The van der Waals surface area contributed by atoms with Crippen molar-refractivity contribution >= 4 is 5.91 Å². The predicted octanol–water partition coefficient (Wildman–Crippen LogP) is 0.956. The highest BCUT2D eigenvalue weighted by atomic mass is 16.5. The molecular weight excluding hydrogens is 196 g/mol. The monoisotopic (exact) mass is 212 g/mol. The summed E-state index contributed by atoms with van der Waals surface area (Å²) in [6, 6.07) is 1.48. The maximum absolute atomic E-state index is 11.4. The average molecular weight is 212 g/mol. The smallest absolute Gasteiger partial charge is 0.289 e. The highest BCUT2D eigenvalue weighted by Crippen LogP contribution is 2.13. The molecule has 1 heterocycles. The van der Waals surface area contributed by atoms with Crippen LogP contribution in [0, 0.1) is 0 Å². The molecule has 0 atom stereocenters. The Hall–Kier alpha value is -1.36. The Morgan fingerprint density at radius 3 is 2.73 bits per heavy atom. The molecule has 0 spiro atoms. The van der Waals surface area contributed by atoms with Crippen LogP contribution in [0.5, 0.6) is 0 Å². The van der Waals surface area contributed by atoms with Crippen LogP contribution in [0.3, 0.4) is 0 Å². The standard InChI is InChI=1S/C10H16N2O3/c1-3-10(14,4-2)7-11-9(13)8-5-6-12-15-8/h5-6,14H,3-4,7H2,1-2H3,(H,11,13). The number of hydrogen-bond acceptors (Lipinski definition) is 4. The van der Waals surface area contributed by atoms with Crippen molar-refractivity contribution in [1.29, 1.82) is 0 Å². The maximum atomic E-state index is 11.4. The molecule has 0 bridgehead atoms. The number of nitrogens with one attached hydrogen (secondary N) is 1. The van der Waals surface area contributed by atoms with Gasteiger partial charge in [0.2, 0.25) is 5.76 Å². The van der Waals surface area contributed by atoms with Crippen LogP contribution in [-0.4, -0.2) is 28.3 Å². The van der Waals surface area contributed by atoms with Gasteiger partial charge in [0.25, 0.3) is 5.91 Å². The van der Waals surface area contributed by atoms with E-state index >= 15 is 0 Å². The summed E-state index contributed by atoms with van der Waals surface area (Å²) in [4.78, 5) is 11.4. The SMILES string of the molecule is CCC(O)(CC)CNC(=O)c1ccno1. The number of nitrogens with zero attached hydrogens (tertiary/aromatic N) is 1. The number of hydrogen-bond donors (Lipinski definition) is 2. The zero-order valence-electron chi connectivity index (χ0n) is 8.99. The minimum atomic E-state index is -0.838. The van der Waals surface area contributed by atoms with E-state index in [-0.39, 0.29) is 18.2 Å². The van der Waals surface area contributed by atoms with Gasteiger partial charge in [0.15, 0.2) is 0 Å². The molecule has 1 aromatic heterocycles. The Morgan fingerprint density at radius 2 is 2.27 bits per heavy atom. The Bertz CT molecular complexity index is 304. The fourth-order valence-corrected chi connectivity index (χ4v) is 1.16. The third-order valence-corrected chi connectivity index (χ3v) is 2.56. The maximum Gasteiger partial charge on any atom is 0.289 e. The first kappa shape index (κ1) is 11.7. The van der Waals surface area contributed by atoms with Gasteiger partial charge in [0.05, 0.1) is 11.8 Å². The van der Waals surface area contributed by atoms with Crippen LogP contribution >= 0.6 is 0 Å². The van der Waals surface area contributed by atoms with Gasteiger partial charge in [-0.15, -0.1) is 0 Å². The second kappa shape index (κ2) is 4.93. The van der Waals surface area contributed by atoms with Gasteiger partial charge in [-0.1, -0.05) is 19.0 Å². The molecule has 1 amide bonds. The molecule has 0 aromatic carbocycles. The van der Waals surface area contributed by atoms with Crippen molar-refractivity contribution in [2.75, 3.05) is 6.54 Å². The van der Waals surface area contributed by atoms with Gasteiger partial charge in [-0.2, -0.15) is 0 Å². The van der Waals surface area contributed by atoms with E-state index in [0.29, 0.717) is 12.8 Å². The number of aliphatic hydroxyl groups is 1. The van der Waals surface area contributed by atoms with Crippen molar-refractivity contribution in [3.05, 3.63) is 18.0 Å². The van der Waals surface area contributed by atoms with E-state index in [0.717, 1.165) is 0 Å². The summed E-state index contributed by atoms with van der Waals surface area (Å²) in [6.07, 6.45) is 2.60. The number of carbonyl (C=O) groups is 1. The van der Waals surface area contributed by atoms with Crippen LogP contribution in [0.15, 0.2) is 16.8 Å². The Kier molecular flexibility index (Phi) is 3.85. The molecule has 5 nitrogen and oxygen atoms in total. The molecule has 84 valence electrons. The highest BCUT2D eigenvalue weighted by Gasteiger charge is 2.23. The van der Waals surface area contributed by atoms with Crippen molar-refractivity contribution in [2.45, 2.75) is 32.3 Å². The molecule has 1 aromatic rings. The lowest BCUT2D eigenvalue weighted by molar-refractivity contribution is 0.0308. The largest absolute Gasteiger partial charge is 0.388 e. The van der Waals surface area contributed by atoms with Crippen LogP contribution in [0.1, 0.15) is 37.2 Å². The summed E-state index contributed by atoms with van der Waals surface area (Å²) in [7, 11) is 0. The number of amides is 1. The van der Waals surface area contributed by atoms with E-state index in [1.807, 2.05) is 13.8 Å². The third-order valence-electron chi connectivity index (χ3n) is 2.56. The predicted molar refractivity (Wildman–Crippen MR) is 54.4 cm³/mol.